The monoisotopic (exact) mass is 458 g/mol. The van der Waals surface area contributed by atoms with E-state index < -0.39 is 29.6 Å². The third-order valence-electron chi connectivity index (χ3n) is 6.57. The first-order valence-corrected chi connectivity index (χ1v) is 12.3. The highest BCUT2D eigenvalue weighted by atomic mass is 16.6. The summed E-state index contributed by atoms with van der Waals surface area (Å²) >= 11 is 0. The zero-order valence-corrected chi connectivity index (χ0v) is 20.1. The van der Waals surface area contributed by atoms with Crippen molar-refractivity contribution in [2.45, 2.75) is 103 Å². The van der Waals surface area contributed by atoms with Crippen molar-refractivity contribution < 1.29 is 19.1 Å². The predicted molar refractivity (Wildman–Crippen MR) is 124 cm³/mol. The maximum Gasteiger partial charge on any atom is 0.329 e. The van der Waals surface area contributed by atoms with Crippen LogP contribution in [0.3, 0.4) is 0 Å². The lowest BCUT2D eigenvalue weighted by atomic mass is 9.81. The molecule has 1 unspecified atom stereocenters. The molecule has 0 bridgehead atoms. The Morgan fingerprint density at radius 3 is 1.97 bits per heavy atom. The molecule has 0 spiro atoms. The molecule has 2 amide bonds. The second-order valence-electron chi connectivity index (χ2n) is 10.4. The van der Waals surface area contributed by atoms with Gasteiger partial charge in [0.1, 0.15) is 23.4 Å². The highest BCUT2D eigenvalue weighted by Gasteiger charge is 2.38. The third kappa shape index (κ3) is 7.51. The molecule has 182 valence electrons. The van der Waals surface area contributed by atoms with Crippen LogP contribution in [-0.2, 0) is 14.3 Å². The van der Waals surface area contributed by atoms with Gasteiger partial charge in [-0.25, -0.2) is 9.78 Å². The third-order valence-corrected chi connectivity index (χ3v) is 6.57. The van der Waals surface area contributed by atoms with Crippen molar-refractivity contribution in [2.24, 2.45) is 11.8 Å². The molecule has 2 atom stereocenters. The minimum Gasteiger partial charge on any atom is -0.458 e. The standard InChI is InChI=1S/C25H38N4O4/c1-25(2,3)33-24(32)21(18-12-8-5-9-13-18)29-23(31)20(17-10-6-4-7-11-17)28-22(30)19-16-26-14-15-27-19/h14-18,20-21H,4-13H2,1-3H3,(H,28,30)(H,29,31)/t20-,21?/m0/s1. The Kier molecular flexibility index (Phi) is 8.80. The highest BCUT2D eigenvalue weighted by molar-refractivity contribution is 5.96. The maximum atomic E-state index is 13.6. The van der Waals surface area contributed by atoms with Gasteiger partial charge in [-0.3, -0.25) is 14.6 Å². The quantitative estimate of drug-likeness (QED) is 0.605. The van der Waals surface area contributed by atoms with Crippen LogP contribution in [0.25, 0.3) is 0 Å². The maximum absolute atomic E-state index is 13.6. The smallest absolute Gasteiger partial charge is 0.329 e. The lowest BCUT2D eigenvalue weighted by Crippen LogP contribution is -2.57. The Hall–Kier alpha value is -2.51. The van der Waals surface area contributed by atoms with E-state index in [1.807, 2.05) is 20.8 Å². The van der Waals surface area contributed by atoms with Gasteiger partial charge in [-0.2, -0.15) is 0 Å². The minimum atomic E-state index is -0.728. The molecule has 2 fully saturated rings. The molecule has 2 saturated carbocycles. The summed E-state index contributed by atoms with van der Waals surface area (Å²) in [6, 6.07) is -1.44. The van der Waals surface area contributed by atoms with Crippen molar-refractivity contribution in [3.8, 4) is 0 Å². The van der Waals surface area contributed by atoms with Gasteiger partial charge in [0.25, 0.3) is 5.91 Å². The number of carbonyl (C=O) groups is 3. The number of aromatic nitrogens is 2. The summed E-state index contributed by atoms with van der Waals surface area (Å²) in [7, 11) is 0. The summed E-state index contributed by atoms with van der Waals surface area (Å²) in [6.07, 6.45) is 14.2. The first-order valence-electron chi connectivity index (χ1n) is 12.3. The molecule has 2 aliphatic carbocycles. The molecule has 2 N–H and O–H groups in total. The number of amides is 2. The van der Waals surface area contributed by atoms with E-state index in [0.717, 1.165) is 64.2 Å². The average Bonchev–Trinajstić information content (AvgIpc) is 2.81. The molecule has 8 nitrogen and oxygen atoms in total. The van der Waals surface area contributed by atoms with E-state index in [2.05, 4.69) is 20.6 Å². The van der Waals surface area contributed by atoms with Gasteiger partial charge in [-0.15, -0.1) is 0 Å². The number of carbonyl (C=O) groups excluding carboxylic acids is 3. The summed E-state index contributed by atoms with van der Waals surface area (Å²) < 4.78 is 5.67. The number of nitrogens with one attached hydrogen (secondary N) is 2. The summed E-state index contributed by atoms with van der Waals surface area (Å²) in [5.74, 6) is -1.09. The van der Waals surface area contributed by atoms with Gasteiger partial charge in [0.15, 0.2) is 0 Å². The van der Waals surface area contributed by atoms with Crippen LogP contribution in [0.4, 0.5) is 0 Å². The van der Waals surface area contributed by atoms with Crippen molar-refractivity contribution in [1.82, 2.24) is 20.6 Å². The fourth-order valence-electron chi connectivity index (χ4n) is 4.94. The molecule has 3 rings (SSSR count). The molecule has 0 radical (unpaired) electrons. The Morgan fingerprint density at radius 2 is 1.45 bits per heavy atom. The summed E-state index contributed by atoms with van der Waals surface area (Å²) in [6.45, 7) is 5.49. The van der Waals surface area contributed by atoms with Crippen molar-refractivity contribution in [1.29, 1.82) is 0 Å². The molecular formula is C25H38N4O4. The van der Waals surface area contributed by atoms with Crippen LogP contribution in [0.5, 0.6) is 0 Å². The predicted octanol–water partition coefficient (Wildman–Crippen LogP) is 3.56. The molecule has 0 aromatic carbocycles. The second-order valence-corrected chi connectivity index (χ2v) is 10.4. The van der Waals surface area contributed by atoms with Crippen LogP contribution in [0.2, 0.25) is 0 Å². The Morgan fingerprint density at radius 1 is 0.879 bits per heavy atom. The number of esters is 1. The van der Waals surface area contributed by atoms with E-state index in [9.17, 15) is 14.4 Å². The van der Waals surface area contributed by atoms with E-state index in [-0.39, 0.29) is 23.4 Å². The van der Waals surface area contributed by atoms with Crippen molar-refractivity contribution in [2.75, 3.05) is 0 Å². The van der Waals surface area contributed by atoms with E-state index >= 15 is 0 Å². The number of ether oxygens (including phenoxy) is 1. The van der Waals surface area contributed by atoms with Gasteiger partial charge < -0.3 is 15.4 Å². The van der Waals surface area contributed by atoms with Gasteiger partial charge in [0, 0.05) is 12.4 Å². The zero-order valence-electron chi connectivity index (χ0n) is 20.1. The fourth-order valence-corrected chi connectivity index (χ4v) is 4.94. The Labute approximate surface area is 196 Å². The molecule has 1 heterocycles. The van der Waals surface area contributed by atoms with Crippen molar-refractivity contribution in [3.63, 3.8) is 0 Å². The molecule has 1 aromatic rings. The normalized spacial score (nSPS) is 19.8. The van der Waals surface area contributed by atoms with Gasteiger partial charge in [0.2, 0.25) is 5.91 Å². The lowest BCUT2D eigenvalue weighted by molar-refractivity contribution is -0.161. The van der Waals surface area contributed by atoms with Crippen LogP contribution >= 0.6 is 0 Å². The van der Waals surface area contributed by atoms with Crippen LogP contribution < -0.4 is 10.6 Å². The molecule has 0 saturated heterocycles. The van der Waals surface area contributed by atoms with Crippen LogP contribution in [0, 0.1) is 11.8 Å². The van der Waals surface area contributed by atoms with Gasteiger partial charge in [-0.05, 0) is 58.3 Å². The largest absolute Gasteiger partial charge is 0.458 e. The topological polar surface area (TPSA) is 110 Å². The zero-order chi connectivity index (χ0) is 23.8. The molecule has 1 aromatic heterocycles. The highest BCUT2D eigenvalue weighted by Crippen LogP contribution is 2.30. The Bertz CT molecular complexity index is 796. The van der Waals surface area contributed by atoms with E-state index in [4.69, 9.17) is 4.74 Å². The van der Waals surface area contributed by atoms with E-state index in [1.165, 1.54) is 18.6 Å². The number of hydrogen-bond donors (Lipinski definition) is 2. The average molecular weight is 459 g/mol. The minimum absolute atomic E-state index is 0.0185. The number of nitrogens with zero attached hydrogens (tertiary/aromatic N) is 2. The lowest BCUT2D eigenvalue weighted by Gasteiger charge is -2.35. The van der Waals surface area contributed by atoms with Crippen molar-refractivity contribution in [3.05, 3.63) is 24.3 Å². The second kappa shape index (κ2) is 11.6. The summed E-state index contributed by atoms with van der Waals surface area (Å²) in [4.78, 5) is 47.5. The first kappa shape index (κ1) is 25.1. The summed E-state index contributed by atoms with van der Waals surface area (Å²) in [5, 5.41) is 5.89. The SMILES string of the molecule is CC(C)(C)OC(=O)C(NC(=O)[C@@H](NC(=O)c1cnccn1)C1CCCCC1)C1CCCCC1. The van der Waals surface area contributed by atoms with Gasteiger partial charge in [0.05, 0.1) is 6.20 Å². The first-order chi connectivity index (χ1) is 15.7. The van der Waals surface area contributed by atoms with E-state index in [1.54, 1.807) is 0 Å². The number of hydrogen-bond acceptors (Lipinski definition) is 6. The molecule has 0 aliphatic heterocycles. The van der Waals surface area contributed by atoms with Crippen LogP contribution in [0.15, 0.2) is 18.6 Å². The van der Waals surface area contributed by atoms with Crippen LogP contribution in [0.1, 0.15) is 95.5 Å². The molecular weight excluding hydrogens is 420 g/mol. The Balaban J connectivity index is 1.79. The molecule has 8 heteroatoms. The fraction of sp³-hybridized carbons (Fsp3) is 0.720. The van der Waals surface area contributed by atoms with Gasteiger partial charge in [-0.1, -0.05) is 38.5 Å². The van der Waals surface area contributed by atoms with Crippen LogP contribution in [-0.4, -0.2) is 45.4 Å². The van der Waals surface area contributed by atoms with Crippen molar-refractivity contribution >= 4 is 17.8 Å². The molecule has 2 aliphatic rings. The summed E-state index contributed by atoms with van der Waals surface area (Å²) in [5.41, 5.74) is -0.473. The number of rotatable bonds is 7. The van der Waals surface area contributed by atoms with E-state index in [0.29, 0.717) is 0 Å². The molecule has 33 heavy (non-hydrogen) atoms. The van der Waals surface area contributed by atoms with Gasteiger partial charge >= 0.3 is 5.97 Å².